The van der Waals surface area contributed by atoms with Crippen LogP contribution in [0.2, 0.25) is 0 Å². The van der Waals surface area contributed by atoms with Crippen LogP contribution < -0.4 is 4.74 Å². The number of piperidine rings is 1. The van der Waals surface area contributed by atoms with Gasteiger partial charge in [-0.05, 0) is 36.6 Å². The number of ether oxygens (including phenoxy) is 1. The van der Waals surface area contributed by atoms with Gasteiger partial charge in [0.1, 0.15) is 11.5 Å². The topological polar surface area (TPSA) is 87.1 Å². The minimum Gasteiger partial charge on any atom is -0.508 e. The molecule has 1 amide bonds. The normalized spacial score (nSPS) is 21.9. The Morgan fingerprint density at radius 2 is 1.95 bits per heavy atom. The lowest BCUT2D eigenvalue weighted by Crippen LogP contribution is -2.47. The van der Waals surface area contributed by atoms with Gasteiger partial charge in [-0.15, -0.1) is 0 Å². The molecule has 2 atom stereocenters. The zero-order valence-corrected chi connectivity index (χ0v) is 11.9. The van der Waals surface area contributed by atoms with E-state index in [1.807, 2.05) is 6.92 Å². The number of carbonyl (C=O) groups excluding carboxylic acids is 1. The number of amides is 1. The molecule has 0 aliphatic carbocycles. The van der Waals surface area contributed by atoms with E-state index in [9.17, 15) is 9.59 Å². The molecule has 2 N–H and O–H groups in total. The van der Waals surface area contributed by atoms with E-state index in [-0.39, 0.29) is 30.7 Å². The number of nitrogens with zero attached hydrogens (tertiary/aromatic N) is 1. The van der Waals surface area contributed by atoms with E-state index in [0.29, 0.717) is 18.7 Å². The summed E-state index contributed by atoms with van der Waals surface area (Å²) in [6, 6.07) is 6.09. The van der Waals surface area contributed by atoms with Crippen molar-refractivity contribution in [2.24, 2.45) is 11.8 Å². The van der Waals surface area contributed by atoms with Crippen LogP contribution in [-0.4, -0.2) is 46.7 Å². The molecule has 0 spiro atoms. The Hall–Kier alpha value is -2.24. The van der Waals surface area contributed by atoms with Crippen molar-refractivity contribution in [1.82, 2.24) is 4.90 Å². The molecule has 6 heteroatoms. The molecule has 1 aromatic carbocycles. The summed E-state index contributed by atoms with van der Waals surface area (Å²) in [5, 5.41) is 18.3. The smallest absolute Gasteiger partial charge is 0.308 e. The summed E-state index contributed by atoms with van der Waals surface area (Å²) in [5.41, 5.74) is 0. The number of rotatable bonds is 4. The van der Waals surface area contributed by atoms with Crippen LogP contribution in [0.4, 0.5) is 0 Å². The molecule has 1 aromatic rings. The minimum atomic E-state index is -0.862. The van der Waals surface area contributed by atoms with Gasteiger partial charge in [-0.2, -0.15) is 0 Å². The fraction of sp³-hybridized carbons (Fsp3) is 0.467. The molecular weight excluding hydrogens is 274 g/mol. The number of carbonyl (C=O) groups is 2. The van der Waals surface area contributed by atoms with E-state index in [4.69, 9.17) is 14.9 Å². The van der Waals surface area contributed by atoms with Crippen LogP contribution in [0, 0.1) is 11.8 Å². The molecular formula is C15H19NO5. The van der Waals surface area contributed by atoms with Crippen molar-refractivity contribution in [1.29, 1.82) is 0 Å². The maximum absolute atomic E-state index is 12.1. The van der Waals surface area contributed by atoms with Gasteiger partial charge in [0, 0.05) is 13.1 Å². The number of hydrogen-bond acceptors (Lipinski definition) is 4. The van der Waals surface area contributed by atoms with Gasteiger partial charge >= 0.3 is 5.97 Å². The summed E-state index contributed by atoms with van der Waals surface area (Å²) in [5.74, 6) is -0.813. The van der Waals surface area contributed by atoms with Crippen molar-refractivity contribution < 1.29 is 24.5 Å². The number of carboxylic acid groups (broad SMARTS) is 1. The summed E-state index contributed by atoms with van der Waals surface area (Å²) in [7, 11) is 0. The Balaban J connectivity index is 1.90. The number of likely N-dealkylation sites (tertiary alicyclic amines) is 1. The molecule has 0 aromatic heterocycles. The summed E-state index contributed by atoms with van der Waals surface area (Å²) in [4.78, 5) is 24.7. The van der Waals surface area contributed by atoms with Crippen LogP contribution in [0.25, 0.3) is 0 Å². The van der Waals surface area contributed by atoms with Crippen LogP contribution in [0.5, 0.6) is 11.5 Å². The molecule has 114 valence electrons. The standard InChI is InChI=1S/C15H19NO5/c1-10-6-11(15(19)20)8-16(7-10)14(18)9-21-13-4-2-12(17)3-5-13/h2-5,10-11,17H,6-9H2,1H3,(H,19,20). The van der Waals surface area contributed by atoms with E-state index in [1.165, 1.54) is 12.1 Å². The largest absolute Gasteiger partial charge is 0.508 e. The first-order valence-electron chi connectivity index (χ1n) is 6.88. The predicted molar refractivity (Wildman–Crippen MR) is 75.1 cm³/mol. The fourth-order valence-electron chi connectivity index (χ4n) is 2.51. The molecule has 1 saturated heterocycles. The summed E-state index contributed by atoms with van der Waals surface area (Å²) >= 11 is 0. The average Bonchev–Trinajstić information content (AvgIpc) is 2.45. The van der Waals surface area contributed by atoms with Crippen molar-refractivity contribution in [3.63, 3.8) is 0 Å². The summed E-state index contributed by atoms with van der Waals surface area (Å²) in [6.45, 7) is 2.60. The van der Waals surface area contributed by atoms with Gasteiger partial charge in [0.15, 0.2) is 6.61 Å². The number of aromatic hydroxyl groups is 1. The Morgan fingerprint density at radius 1 is 1.29 bits per heavy atom. The first-order chi connectivity index (χ1) is 9.95. The molecule has 6 nitrogen and oxygen atoms in total. The van der Waals surface area contributed by atoms with E-state index in [1.54, 1.807) is 17.0 Å². The highest BCUT2D eigenvalue weighted by atomic mass is 16.5. The number of carboxylic acids is 1. The second-order valence-corrected chi connectivity index (χ2v) is 5.46. The number of benzene rings is 1. The molecule has 1 fully saturated rings. The van der Waals surface area contributed by atoms with Crippen LogP contribution >= 0.6 is 0 Å². The van der Waals surface area contributed by atoms with E-state index in [0.717, 1.165) is 0 Å². The fourth-order valence-corrected chi connectivity index (χ4v) is 2.51. The third-order valence-corrected chi connectivity index (χ3v) is 3.56. The Bertz CT molecular complexity index is 513. The van der Waals surface area contributed by atoms with Gasteiger partial charge < -0.3 is 19.8 Å². The Labute approximate surface area is 122 Å². The third-order valence-electron chi connectivity index (χ3n) is 3.56. The van der Waals surface area contributed by atoms with Gasteiger partial charge in [0.25, 0.3) is 5.91 Å². The van der Waals surface area contributed by atoms with Crippen molar-refractivity contribution in [2.75, 3.05) is 19.7 Å². The molecule has 0 saturated carbocycles. The first-order valence-corrected chi connectivity index (χ1v) is 6.88. The SMILES string of the molecule is CC1CC(C(=O)O)CN(C(=O)COc2ccc(O)cc2)C1. The lowest BCUT2D eigenvalue weighted by molar-refractivity contribution is -0.147. The lowest BCUT2D eigenvalue weighted by atomic mass is 9.90. The quantitative estimate of drug-likeness (QED) is 0.874. The molecule has 0 bridgehead atoms. The number of phenolic OH excluding ortho intramolecular Hbond substituents is 1. The lowest BCUT2D eigenvalue weighted by Gasteiger charge is -2.34. The molecule has 1 aliphatic heterocycles. The van der Waals surface area contributed by atoms with E-state index in [2.05, 4.69) is 0 Å². The second kappa shape index (κ2) is 6.47. The minimum absolute atomic E-state index is 0.128. The zero-order chi connectivity index (χ0) is 15.4. The van der Waals surface area contributed by atoms with Gasteiger partial charge in [0.2, 0.25) is 0 Å². The summed E-state index contributed by atoms with van der Waals surface area (Å²) < 4.78 is 5.36. The molecule has 1 aliphatic rings. The van der Waals surface area contributed by atoms with Crippen LogP contribution in [0.3, 0.4) is 0 Å². The first kappa shape index (κ1) is 15.2. The molecule has 2 rings (SSSR count). The van der Waals surface area contributed by atoms with Crippen LogP contribution in [-0.2, 0) is 9.59 Å². The Kier molecular flexibility index (Phi) is 4.67. The maximum Gasteiger partial charge on any atom is 0.308 e. The van der Waals surface area contributed by atoms with Crippen molar-refractivity contribution in [2.45, 2.75) is 13.3 Å². The van der Waals surface area contributed by atoms with Crippen molar-refractivity contribution in [3.05, 3.63) is 24.3 Å². The van der Waals surface area contributed by atoms with E-state index >= 15 is 0 Å². The van der Waals surface area contributed by atoms with Gasteiger partial charge in [-0.25, -0.2) is 0 Å². The highest BCUT2D eigenvalue weighted by Crippen LogP contribution is 2.22. The third kappa shape index (κ3) is 4.11. The molecule has 0 radical (unpaired) electrons. The van der Waals surface area contributed by atoms with E-state index < -0.39 is 11.9 Å². The predicted octanol–water partition coefficient (Wildman–Crippen LogP) is 1.34. The average molecular weight is 293 g/mol. The second-order valence-electron chi connectivity index (χ2n) is 5.46. The number of aliphatic carboxylic acids is 1. The van der Waals surface area contributed by atoms with Gasteiger partial charge in [-0.1, -0.05) is 6.92 Å². The monoisotopic (exact) mass is 293 g/mol. The number of hydrogen-bond donors (Lipinski definition) is 2. The molecule has 2 unspecified atom stereocenters. The highest BCUT2D eigenvalue weighted by molar-refractivity contribution is 5.79. The van der Waals surface area contributed by atoms with Gasteiger partial charge in [0.05, 0.1) is 5.92 Å². The van der Waals surface area contributed by atoms with Crippen LogP contribution in [0.1, 0.15) is 13.3 Å². The highest BCUT2D eigenvalue weighted by Gasteiger charge is 2.31. The molecule has 1 heterocycles. The van der Waals surface area contributed by atoms with Crippen LogP contribution in [0.15, 0.2) is 24.3 Å². The van der Waals surface area contributed by atoms with Crippen molar-refractivity contribution in [3.8, 4) is 11.5 Å². The Morgan fingerprint density at radius 3 is 2.57 bits per heavy atom. The maximum atomic E-state index is 12.1. The molecule has 21 heavy (non-hydrogen) atoms. The van der Waals surface area contributed by atoms with Crippen molar-refractivity contribution >= 4 is 11.9 Å². The van der Waals surface area contributed by atoms with Gasteiger partial charge in [-0.3, -0.25) is 9.59 Å². The number of phenols is 1. The zero-order valence-electron chi connectivity index (χ0n) is 11.9. The summed E-state index contributed by atoms with van der Waals surface area (Å²) in [6.07, 6.45) is 0.595.